The maximum atomic E-state index is 5.57. The molecule has 1 heteroatoms. The standard InChI is InChI=1S/C12H16O/c1-10(2)12-9-11(3)7-5-4-6-8-13-12/h4-7,9-10H,3,8H2,1-2H3/b6-4-,7-5-,12-9?. The topological polar surface area (TPSA) is 9.23 Å². The molecule has 0 aromatic heterocycles. The van der Waals surface area contributed by atoms with Crippen LogP contribution in [0.15, 0.2) is 48.3 Å². The van der Waals surface area contributed by atoms with Crippen LogP contribution < -0.4 is 0 Å². The van der Waals surface area contributed by atoms with Gasteiger partial charge in [-0.3, -0.25) is 0 Å². The zero-order chi connectivity index (χ0) is 9.68. The van der Waals surface area contributed by atoms with E-state index in [1.54, 1.807) is 0 Å². The zero-order valence-electron chi connectivity index (χ0n) is 8.29. The summed E-state index contributed by atoms with van der Waals surface area (Å²) >= 11 is 0. The summed E-state index contributed by atoms with van der Waals surface area (Å²) in [5.41, 5.74) is 0.982. The number of hydrogen-bond acceptors (Lipinski definition) is 1. The molecule has 1 aliphatic heterocycles. The van der Waals surface area contributed by atoms with E-state index < -0.39 is 0 Å². The van der Waals surface area contributed by atoms with Gasteiger partial charge in [0, 0.05) is 5.92 Å². The van der Waals surface area contributed by atoms with Crippen LogP contribution in [-0.4, -0.2) is 6.61 Å². The SMILES string of the molecule is C=C1C=C(C(C)C)OC/C=C\C=C/1. The largest absolute Gasteiger partial charge is 0.494 e. The summed E-state index contributed by atoms with van der Waals surface area (Å²) in [4.78, 5) is 0. The van der Waals surface area contributed by atoms with E-state index in [2.05, 4.69) is 20.4 Å². The van der Waals surface area contributed by atoms with Gasteiger partial charge in [0.05, 0.1) is 5.76 Å². The van der Waals surface area contributed by atoms with Crippen LogP contribution in [0, 0.1) is 5.92 Å². The maximum Gasteiger partial charge on any atom is 0.106 e. The smallest absolute Gasteiger partial charge is 0.106 e. The van der Waals surface area contributed by atoms with Gasteiger partial charge < -0.3 is 4.74 Å². The lowest BCUT2D eigenvalue weighted by Gasteiger charge is -2.11. The highest BCUT2D eigenvalue weighted by atomic mass is 16.5. The molecular weight excluding hydrogens is 160 g/mol. The van der Waals surface area contributed by atoms with Crippen LogP contribution in [0.4, 0.5) is 0 Å². The van der Waals surface area contributed by atoms with Crippen molar-refractivity contribution in [2.75, 3.05) is 6.61 Å². The first-order chi connectivity index (χ1) is 6.20. The second kappa shape index (κ2) is 4.70. The van der Waals surface area contributed by atoms with Gasteiger partial charge >= 0.3 is 0 Å². The molecule has 0 radical (unpaired) electrons. The van der Waals surface area contributed by atoms with Gasteiger partial charge in [-0.2, -0.15) is 0 Å². The van der Waals surface area contributed by atoms with Gasteiger partial charge in [-0.15, -0.1) is 0 Å². The highest BCUT2D eigenvalue weighted by molar-refractivity contribution is 5.32. The molecule has 0 unspecified atom stereocenters. The van der Waals surface area contributed by atoms with Crippen LogP contribution >= 0.6 is 0 Å². The summed E-state index contributed by atoms with van der Waals surface area (Å²) < 4.78 is 5.57. The molecule has 0 fully saturated rings. The molecule has 0 saturated heterocycles. The summed E-state index contributed by atoms with van der Waals surface area (Å²) in [6.45, 7) is 8.78. The quantitative estimate of drug-likeness (QED) is 0.596. The molecule has 0 aromatic carbocycles. The summed E-state index contributed by atoms with van der Waals surface area (Å²) in [6.07, 6.45) is 9.92. The van der Waals surface area contributed by atoms with E-state index >= 15 is 0 Å². The number of hydrogen-bond donors (Lipinski definition) is 0. The number of ether oxygens (including phenoxy) is 1. The lowest BCUT2D eigenvalue weighted by Crippen LogP contribution is -2.00. The minimum atomic E-state index is 0.414. The van der Waals surface area contributed by atoms with E-state index in [1.165, 1.54) is 0 Å². The van der Waals surface area contributed by atoms with Crippen molar-refractivity contribution >= 4 is 0 Å². The lowest BCUT2D eigenvalue weighted by molar-refractivity contribution is 0.216. The minimum absolute atomic E-state index is 0.414. The van der Waals surface area contributed by atoms with Gasteiger partial charge in [0.1, 0.15) is 6.61 Å². The van der Waals surface area contributed by atoms with Crippen LogP contribution in [0.2, 0.25) is 0 Å². The molecule has 13 heavy (non-hydrogen) atoms. The Morgan fingerprint density at radius 3 is 2.85 bits per heavy atom. The first kappa shape index (κ1) is 9.85. The molecule has 0 saturated carbocycles. The highest BCUT2D eigenvalue weighted by Crippen LogP contribution is 2.15. The zero-order valence-corrected chi connectivity index (χ0v) is 8.29. The van der Waals surface area contributed by atoms with Crippen LogP contribution in [0.5, 0.6) is 0 Å². The molecule has 1 nitrogen and oxygen atoms in total. The first-order valence-electron chi connectivity index (χ1n) is 4.56. The number of allylic oxidation sites excluding steroid dienone is 6. The number of rotatable bonds is 1. The van der Waals surface area contributed by atoms with Gasteiger partial charge in [-0.1, -0.05) is 38.7 Å². The van der Waals surface area contributed by atoms with Crippen LogP contribution in [0.1, 0.15) is 13.8 Å². The average molecular weight is 176 g/mol. The van der Waals surface area contributed by atoms with Crippen molar-refractivity contribution in [3.8, 4) is 0 Å². The van der Waals surface area contributed by atoms with Crippen molar-refractivity contribution in [1.82, 2.24) is 0 Å². The summed E-state index contributed by atoms with van der Waals surface area (Å²) in [5, 5.41) is 0. The van der Waals surface area contributed by atoms with E-state index in [1.807, 2.05) is 30.4 Å². The fraction of sp³-hybridized carbons (Fsp3) is 0.333. The van der Waals surface area contributed by atoms with Gasteiger partial charge in [-0.25, -0.2) is 0 Å². The normalized spacial score (nSPS) is 22.4. The lowest BCUT2D eigenvalue weighted by atomic mass is 10.1. The molecule has 1 heterocycles. The van der Waals surface area contributed by atoms with Gasteiger partial charge in [-0.05, 0) is 17.7 Å². The van der Waals surface area contributed by atoms with Crippen molar-refractivity contribution < 1.29 is 4.74 Å². The Morgan fingerprint density at radius 2 is 2.15 bits per heavy atom. The maximum absolute atomic E-state index is 5.57. The van der Waals surface area contributed by atoms with Crippen LogP contribution in [0.3, 0.4) is 0 Å². The molecule has 0 N–H and O–H groups in total. The second-order valence-corrected chi connectivity index (χ2v) is 3.37. The van der Waals surface area contributed by atoms with Crippen LogP contribution in [0.25, 0.3) is 0 Å². The second-order valence-electron chi connectivity index (χ2n) is 3.37. The Bertz CT molecular complexity index is 267. The summed E-state index contributed by atoms with van der Waals surface area (Å²) in [7, 11) is 0. The van der Waals surface area contributed by atoms with E-state index in [-0.39, 0.29) is 0 Å². The van der Waals surface area contributed by atoms with Gasteiger partial charge in [0.2, 0.25) is 0 Å². The Morgan fingerprint density at radius 1 is 1.38 bits per heavy atom. The van der Waals surface area contributed by atoms with E-state index in [9.17, 15) is 0 Å². The summed E-state index contributed by atoms with van der Waals surface area (Å²) in [6, 6.07) is 0. The Labute approximate surface area is 80.1 Å². The van der Waals surface area contributed by atoms with E-state index in [4.69, 9.17) is 4.74 Å². The molecule has 0 atom stereocenters. The van der Waals surface area contributed by atoms with Gasteiger partial charge in [0.15, 0.2) is 0 Å². The van der Waals surface area contributed by atoms with Crippen molar-refractivity contribution in [2.24, 2.45) is 5.92 Å². The molecule has 0 amide bonds. The molecule has 1 rings (SSSR count). The Kier molecular flexibility index (Phi) is 3.56. The van der Waals surface area contributed by atoms with Crippen molar-refractivity contribution in [2.45, 2.75) is 13.8 Å². The molecule has 70 valence electrons. The molecule has 0 bridgehead atoms. The monoisotopic (exact) mass is 176 g/mol. The Hall–Kier alpha value is -1.24. The Balaban J connectivity index is 2.82. The minimum Gasteiger partial charge on any atom is -0.494 e. The third kappa shape index (κ3) is 3.32. The molecular formula is C12H16O. The average Bonchev–Trinajstić information content (AvgIpc) is 2.16. The molecule has 1 aliphatic rings. The van der Waals surface area contributed by atoms with E-state index in [0.29, 0.717) is 12.5 Å². The van der Waals surface area contributed by atoms with E-state index in [0.717, 1.165) is 11.3 Å². The predicted molar refractivity (Wildman–Crippen MR) is 56.3 cm³/mol. The molecule has 0 aromatic rings. The molecule has 0 aliphatic carbocycles. The summed E-state index contributed by atoms with van der Waals surface area (Å²) in [5.74, 6) is 1.41. The predicted octanol–water partition coefficient (Wildman–Crippen LogP) is 3.23. The molecule has 0 spiro atoms. The first-order valence-corrected chi connectivity index (χ1v) is 4.56. The van der Waals surface area contributed by atoms with Crippen molar-refractivity contribution in [3.63, 3.8) is 0 Å². The van der Waals surface area contributed by atoms with Gasteiger partial charge in [0.25, 0.3) is 0 Å². The fourth-order valence-electron chi connectivity index (χ4n) is 1.06. The fourth-order valence-corrected chi connectivity index (χ4v) is 1.06. The third-order valence-corrected chi connectivity index (χ3v) is 1.80. The highest BCUT2D eigenvalue weighted by Gasteiger charge is 2.03. The van der Waals surface area contributed by atoms with Crippen molar-refractivity contribution in [3.05, 3.63) is 48.3 Å². The van der Waals surface area contributed by atoms with Crippen LogP contribution in [-0.2, 0) is 4.74 Å². The van der Waals surface area contributed by atoms with Crippen molar-refractivity contribution in [1.29, 1.82) is 0 Å². The third-order valence-electron chi connectivity index (χ3n) is 1.80.